The minimum atomic E-state index is -0.180. The lowest BCUT2D eigenvalue weighted by Crippen LogP contribution is -2.54. The van der Waals surface area contributed by atoms with E-state index in [1.807, 2.05) is 17.9 Å². The molecule has 0 unspecified atom stereocenters. The van der Waals surface area contributed by atoms with Crippen LogP contribution in [0.2, 0.25) is 0 Å². The van der Waals surface area contributed by atoms with E-state index in [-0.39, 0.29) is 11.5 Å². The van der Waals surface area contributed by atoms with Gasteiger partial charge in [-0.3, -0.25) is 9.48 Å². The van der Waals surface area contributed by atoms with Crippen LogP contribution < -0.4 is 0 Å². The van der Waals surface area contributed by atoms with E-state index in [0.29, 0.717) is 29.0 Å². The van der Waals surface area contributed by atoms with Gasteiger partial charge in [-0.05, 0) is 99.0 Å². The molecule has 4 nitrogen and oxygen atoms in total. The summed E-state index contributed by atoms with van der Waals surface area (Å²) in [6.45, 7) is 6.84. The first-order chi connectivity index (χ1) is 13.7. The Balaban J connectivity index is 1.46. The fourth-order valence-electron chi connectivity index (χ4n) is 7.88. The molecule has 0 aromatic carbocycles. The van der Waals surface area contributed by atoms with Gasteiger partial charge in [-0.25, -0.2) is 0 Å². The van der Waals surface area contributed by atoms with E-state index in [1.54, 1.807) is 0 Å². The van der Waals surface area contributed by atoms with Gasteiger partial charge in [0.1, 0.15) is 0 Å². The first-order valence-corrected chi connectivity index (χ1v) is 11.7. The molecule has 1 aromatic rings. The third-order valence-electron chi connectivity index (χ3n) is 9.88. The van der Waals surface area contributed by atoms with Crippen molar-refractivity contribution in [1.29, 1.82) is 0 Å². The van der Waals surface area contributed by atoms with Crippen molar-refractivity contribution in [2.45, 2.75) is 78.2 Å². The molecular weight excluding hydrogens is 360 g/mol. The summed E-state index contributed by atoms with van der Waals surface area (Å²) >= 11 is 0. The molecule has 4 aliphatic rings. The molecule has 4 saturated carbocycles. The van der Waals surface area contributed by atoms with Crippen molar-refractivity contribution in [3.8, 4) is 0 Å². The highest BCUT2D eigenvalue weighted by Gasteiger charge is 2.61. The Morgan fingerprint density at radius 3 is 2.69 bits per heavy atom. The van der Waals surface area contributed by atoms with E-state index in [1.165, 1.54) is 19.3 Å². The van der Waals surface area contributed by atoms with Gasteiger partial charge in [0.15, 0.2) is 5.78 Å². The van der Waals surface area contributed by atoms with Crippen molar-refractivity contribution in [3.63, 3.8) is 0 Å². The van der Waals surface area contributed by atoms with Gasteiger partial charge in [-0.2, -0.15) is 5.10 Å². The maximum Gasteiger partial charge on any atom is 0.165 e. The maximum atomic E-state index is 13.5. The predicted molar refractivity (Wildman–Crippen MR) is 114 cm³/mol. The van der Waals surface area contributed by atoms with Crippen LogP contribution in [0.3, 0.4) is 0 Å². The summed E-state index contributed by atoms with van der Waals surface area (Å²) in [5, 5.41) is 14.6. The zero-order chi connectivity index (χ0) is 20.6. The Morgan fingerprint density at radius 1 is 1.17 bits per heavy atom. The van der Waals surface area contributed by atoms with Crippen LogP contribution in [0.4, 0.5) is 0 Å². The Morgan fingerprint density at radius 2 is 1.97 bits per heavy atom. The van der Waals surface area contributed by atoms with Gasteiger partial charge in [0.05, 0.1) is 12.3 Å². The Labute approximate surface area is 174 Å². The second-order valence-electron chi connectivity index (χ2n) is 11.1. The normalized spacial score (nSPS) is 45.8. The number of carbonyl (C=O) groups excluding carboxylic acids is 1. The van der Waals surface area contributed by atoms with Gasteiger partial charge in [0.2, 0.25) is 0 Å². The zero-order valence-electron chi connectivity index (χ0n) is 18.4. The van der Waals surface area contributed by atoms with Gasteiger partial charge in [0.25, 0.3) is 0 Å². The molecule has 0 spiro atoms. The summed E-state index contributed by atoms with van der Waals surface area (Å²) in [6.07, 6.45) is 12.7. The van der Waals surface area contributed by atoms with Gasteiger partial charge < -0.3 is 5.11 Å². The molecule has 0 amide bonds. The summed E-state index contributed by atoms with van der Waals surface area (Å²) in [5.74, 6) is 2.94. The molecule has 1 aromatic heterocycles. The van der Waals surface area contributed by atoms with E-state index in [2.05, 4.69) is 31.9 Å². The zero-order valence-corrected chi connectivity index (χ0v) is 18.4. The minimum Gasteiger partial charge on any atom is -0.393 e. The van der Waals surface area contributed by atoms with Crippen LogP contribution in [0.1, 0.15) is 76.5 Å². The van der Waals surface area contributed by atoms with Gasteiger partial charge in [-0.1, -0.05) is 13.8 Å². The number of carbonyl (C=O) groups is 1. The number of hydrogen-bond donors (Lipinski definition) is 1. The summed E-state index contributed by atoms with van der Waals surface area (Å²) in [6, 6.07) is 0. The van der Waals surface area contributed by atoms with E-state index < -0.39 is 0 Å². The fraction of sp³-hybridized carbons (Fsp3) is 0.760. The molecule has 7 atom stereocenters. The molecule has 4 heteroatoms. The topological polar surface area (TPSA) is 55.1 Å². The summed E-state index contributed by atoms with van der Waals surface area (Å²) < 4.78 is 1.89. The fourth-order valence-corrected chi connectivity index (χ4v) is 7.88. The number of aliphatic hydroxyl groups is 1. The van der Waals surface area contributed by atoms with Crippen molar-refractivity contribution in [1.82, 2.24) is 9.78 Å². The van der Waals surface area contributed by atoms with E-state index in [0.717, 1.165) is 54.9 Å². The number of ketones is 1. The number of allylic oxidation sites excluding steroid dienone is 1. The largest absolute Gasteiger partial charge is 0.393 e. The Hall–Kier alpha value is -1.42. The average molecular weight is 397 g/mol. The van der Waals surface area contributed by atoms with E-state index >= 15 is 0 Å². The number of aryl methyl sites for hydroxylation is 1. The molecule has 1 heterocycles. The van der Waals surface area contributed by atoms with Gasteiger partial charge in [0, 0.05) is 23.7 Å². The maximum absolute atomic E-state index is 13.5. The molecule has 4 fully saturated rings. The van der Waals surface area contributed by atoms with Crippen LogP contribution in [0.5, 0.6) is 0 Å². The van der Waals surface area contributed by atoms with Crippen molar-refractivity contribution in [2.75, 3.05) is 0 Å². The quantitative estimate of drug-likeness (QED) is 0.701. The first kappa shape index (κ1) is 19.5. The summed E-state index contributed by atoms with van der Waals surface area (Å²) in [5.41, 5.74) is 3.42. The highest BCUT2D eigenvalue weighted by Crippen LogP contribution is 2.66. The second-order valence-corrected chi connectivity index (χ2v) is 11.1. The molecule has 0 saturated heterocycles. The second kappa shape index (κ2) is 6.54. The van der Waals surface area contributed by atoms with Crippen LogP contribution in [0.25, 0.3) is 6.08 Å². The molecule has 0 bridgehead atoms. The number of aliphatic hydroxyl groups excluding tert-OH is 1. The number of rotatable bonds is 1. The van der Waals surface area contributed by atoms with Crippen molar-refractivity contribution in [3.05, 3.63) is 23.0 Å². The average Bonchev–Trinajstić information content (AvgIpc) is 3.14. The third-order valence-corrected chi connectivity index (χ3v) is 9.88. The molecule has 4 aliphatic carbocycles. The van der Waals surface area contributed by atoms with Crippen molar-refractivity contribution in [2.24, 2.45) is 41.5 Å². The molecule has 158 valence electrons. The first-order valence-electron chi connectivity index (χ1n) is 11.7. The van der Waals surface area contributed by atoms with Crippen LogP contribution in [0, 0.1) is 41.4 Å². The smallest absolute Gasteiger partial charge is 0.165 e. The van der Waals surface area contributed by atoms with Gasteiger partial charge in [-0.15, -0.1) is 0 Å². The van der Waals surface area contributed by atoms with Crippen molar-refractivity contribution >= 4 is 11.9 Å². The monoisotopic (exact) mass is 396 g/mol. The molecule has 29 heavy (non-hydrogen) atoms. The summed E-state index contributed by atoms with van der Waals surface area (Å²) in [7, 11) is 1.96. The molecule has 0 aliphatic heterocycles. The number of nitrogens with zero attached hydrogens (tertiary/aromatic N) is 2. The van der Waals surface area contributed by atoms with E-state index in [4.69, 9.17) is 0 Å². The lowest BCUT2D eigenvalue weighted by molar-refractivity contribution is -0.141. The SMILES string of the molecule is Cc1c(/C=C2\C[C@@H]3[C@H]4CC[C@@H]5C[C@H](O)CC[C@]5(C)[C@@H]4CC[C@]3(C)C2=O)cnn1C. The van der Waals surface area contributed by atoms with Crippen LogP contribution in [-0.2, 0) is 11.8 Å². The van der Waals surface area contributed by atoms with Crippen LogP contribution >= 0.6 is 0 Å². The third kappa shape index (κ3) is 2.74. The molecule has 1 N–H and O–H groups in total. The number of fused-ring (bicyclic) bond motifs is 5. The number of aromatic nitrogens is 2. The van der Waals surface area contributed by atoms with Gasteiger partial charge >= 0.3 is 0 Å². The Kier molecular flexibility index (Phi) is 4.40. The molecular formula is C25H36N2O2. The minimum absolute atomic E-state index is 0.0937. The standard InChI is InChI=1S/C25H36N2O2/c1-15-17(14-26-27(15)4)11-16-12-22-20-6-5-18-13-19(28)7-9-24(18,2)21(20)8-10-25(22,3)23(16)29/h11,14,18-22,28H,5-10,12-13H2,1-4H3/b16-11+/t18-,19-,20+,21-,22-,24+,25+/m1/s1. The van der Waals surface area contributed by atoms with Crippen LogP contribution in [0.15, 0.2) is 11.8 Å². The highest BCUT2D eigenvalue weighted by molar-refractivity contribution is 6.06. The lowest BCUT2D eigenvalue weighted by atomic mass is 9.45. The number of Topliss-reactive ketones (excluding diaryl/α,β-unsaturated/α-hetero) is 1. The van der Waals surface area contributed by atoms with Crippen molar-refractivity contribution < 1.29 is 9.90 Å². The van der Waals surface area contributed by atoms with Crippen LogP contribution in [-0.4, -0.2) is 26.8 Å². The highest BCUT2D eigenvalue weighted by atomic mass is 16.3. The predicted octanol–water partition coefficient (Wildman–Crippen LogP) is 4.69. The number of hydrogen-bond acceptors (Lipinski definition) is 3. The molecule has 5 rings (SSSR count). The lowest BCUT2D eigenvalue weighted by Gasteiger charge is -2.59. The molecule has 0 radical (unpaired) electrons. The van der Waals surface area contributed by atoms with E-state index in [9.17, 15) is 9.90 Å². The summed E-state index contributed by atoms with van der Waals surface area (Å²) in [4.78, 5) is 13.5. The Bertz CT molecular complexity index is 870.